The van der Waals surface area contributed by atoms with Crippen LogP contribution in [0.2, 0.25) is 5.02 Å². The molecule has 2 aromatic heterocycles. The Morgan fingerprint density at radius 2 is 2.04 bits per heavy atom. The topological polar surface area (TPSA) is 64.1 Å². The van der Waals surface area contributed by atoms with E-state index in [9.17, 15) is 4.79 Å². The van der Waals surface area contributed by atoms with Gasteiger partial charge < -0.3 is 4.74 Å². The predicted octanol–water partition coefficient (Wildman–Crippen LogP) is 4.70. The third-order valence-electron chi connectivity index (χ3n) is 2.65. The van der Waals surface area contributed by atoms with Gasteiger partial charge in [-0.15, -0.1) is 11.3 Å². The molecule has 0 atom stereocenters. The molecule has 3 rings (SSSR count). The van der Waals surface area contributed by atoms with Gasteiger partial charge in [-0.2, -0.15) is 9.36 Å². The van der Waals surface area contributed by atoms with Crippen LogP contribution in [0.4, 0.5) is 5.13 Å². The molecule has 2 heterocycles. The molecule has 0 fully saturated rings. The second kappa shape index (κ2) is 7.39. The van der Waals surface area contributed by atoms with E-state index < -0.39 is 0 Å². The van der Waals surface area contributed by atoms with Crippen LogP contribution in [0, 0.1) is 0 Å². The summed E-state index contributed by atoms with van der Waals surface area (Å²) in [5, 5.41) is 3.72. The molecule has 0 saturated carbocycles. The van der Waals surface area contributed by atoms with Crippen molar-refractivity contribution in [1.82, 2.24) is 9.36 Å². The molecule has 9 heteroatoms. The summed E-state index contributed by atoms with van der Waals surface area (Å²) in [5.74, 6) is 0.876. The van der Waals surface area contributed by atoms with Crippen LogP contribution >= 0.6 is 50.4 Å². The number of carbonyl (C=O) groups excluding carboxylic acids is 1. The van der Waals surface area contributed by atoms with Crippen LogP contribution < -0.4 is 10.1 Å². The van der Waals surface area contributed by atoms with Gasteiger partial charge in [0.1, 0.15) is 5.75 Å². The zero-order chi connectivity index (χ0) is 16.2. The fourth-order valence-electron chi connectivity index (χ4n) is 1.64. The Morgan fingerprint density at radius 3 is 2.74 bits per heavy atom. The molecule has 0 aliphatic rings. The molecule has 0 unspecified atom stereocenters. The van der Waals surface area contributed by atoms with Crippen molar-refractivity contribution in [1.29, 1.82) is 0 Å². The van der Waals surface area contributed by atoms with Crippen LogP contribution in [0.3, 0.4) is 0 Å². The lowest BCUT2D eigenvalue weighted by molar-refractivity contribution is -0.118. The van der Waals surface area contributed by atoms with Gasteiger partial charge in [-0.3, -0.25) is 10.1 Å². The number of hydrogen-bond donors (Lipinski definition) is 1. The number of amides is 1. The molecule has 0 bridgehead atoms. The summed E-state index contributed by atoms with van der Waals surface area (Å²) in [6.07, 6.45) is 0. The van der Waals surface area contributed by atoms with E-state index in [-0.39, 0.29) is 12.5 Å². The maximum atomic E-state index is 11.9. The summed E-state index contributed by atoms with van der Waals surface area (Å²) in [6, 6.07) is 10.7. The summed E-state index contributed by atoms with van der Waals surface area (Å²) in [7, 11) is 0. The zero-order valence-electron chi connectivity index (χ0n) is 11.5. The van der Waals surface area contributed by atoms with Gasteiger partial charge in [-0.05, 0) is 52.3 Å². The minimum Gasteiger partial charge on any atom is -0.484 e. The van der Waals surface area contributed by atoms with Gasteiger partial charge in [-0.1, -0.05) is 11.6 Å². The van der Waals surface area contributed by atoms with E-state index in [0.29, 0.717) is 21.7 Å². The first-order valence-electron chi connectivity index (χ1n) is 6.38. The number of benzene rings is 1. The van der Waals surface area contributed by atoms with Crippen LogP contribution in [0.25, 0.3) is 10.7 Å². The largest absolute Gasteiger partial charge is 0.484 e. The highest BCUT2D eigenvalue weighted by Gasteiger charge is 2.11. The lowest BCUT2D eigenvalue weighted by Crippen LogP contribution is -2.20. The van der Waals surface area contributed by atoms with E-state index in [1.54, 1.807) is 24.3 Å². The smallest absolute Gasteiger partial charge is 0.264 e. The molecule has 0 saturated heterocycles. The van der Waals surface area contributed by atoms with Gasteiger partial charge in [0.05, 0.1) is 8.66 Å². The van der Waals surface area contributed by atoms with Gasteiger partial charge in [0.15, 0.2) is 12.4 Å². The Kier molecular flexibility index (Phi) is 5.27. The van der Waals surface area contributed by atoms with Crippen molar-refractivity contribution >= 4 is 61.4 Å². The number of halogens is 2. The van der Waals surface area contributed by atoms with Crippen molar-refractivity contribution in [2.24, 2.45) is 0 Å². The molecule has 23 heavy (non-hydrogen) atoms. The molecule has 1 N–H and O–H groups in total. The Hall–Kier alpha value is -1.48. The van der Waals surface area contributed by atoms with E-state index in [0.717, 1.165) is 20.2 Å². The van der Waals surface area contributed by atoms with Crippen molar-refractivity contribution in [3.63, 3.8) is 0 Å². The number of thiophene rings is 1. The normalized spacial score (nSPS) is 10.5. The van der Waals surface area contributed by atoms with Crippen molar-refractivity contribution in [2.75, 3.05) is 11.9 Å². The van der Waals surface area contributed by atoms with E-state index in [2.05, 4.69) is 30.6 Å². The number of aromatic nitrogens is 2. The standard InChI is InChI=1S/C14H9BrClN3O2S2/c15-11-6-5-10(22-11)13-18-14(23-19-13)17-12(20)7-21-9-3-1-8(16)2-4-9/h1-6H,7H2,(H,17,18,19,20). The lowest BCUT2D eigenvalue weighted by atomic mass is 10.3. The average molecular weight is 431 g/mol. The van der Waals surface area contributed by atoms with Gasteiger partial charge in [0.25, 0.3) is 5.91 Å². The van der Waals surface area contributed by atoms with Crippen LogP contribution in [0.15, 0.2) is 40.2 Å². The summed E-state index contributed by atoms with van der Waals surface area (Å²) < 4.78 is 10.6. The lowest BCUT2D eigenvalue weighted by Gasteiger charge is -2.05. The van der Waals surface area contributed by atoms with Gasteiger partial charge >= 0.3 is 0 Å². The highest BCUT2D eigenvalue weighted by molar-refractivity contribution is 9.11. The molecule has 3 aromatic rings. The van der Waals surface area contributed by atoms with Crippen LogP contribution in [0.1, 0.15) is 0 Å². The van der Waals surface area contributed by atoms with Crippen molar-refractivity contribution < 1.29 is 9.53 Å². The molecule has 0 radical (unpaired) electrons. The number of nitrogens with one attached hydrogen (secondary N) is 1. The van der Waals surface area contributed by atoms with Gasteiger partial charge in [0.2, 0.25) is 5.13 Å². The SMILES string of the molecule is O=C(COc1ccc(Cl)cc1)Nc1nc(-c2ccc(Br)s2)ns1. The Morgan fingerprint density at radius 1 is 1.26 bits per heavy atom. The van der Waals surface area contributed by atoms with Gasteiger partial charge in [-0.25, -0.2) is 0 Å². The third-order valence-corrected chi connectivity index (χ3v) is 5.15. The van der Waals surface area contributed by atoms with Crippen molar-refractivity contribution in [3.05, 3.63) is 45.2 Å². The predicted molar refractivity (Wildman–Crippen MR) is 96.5 cm³/mol. The third kappa shape index (κ3) is 4.51. The number of nitrogens with zero attached hydrogens (tertiary/aromatic N) is 2. The summed E-state index contributed by atoms with van der Waals surface area (Å²) >= 11 is 11.8. The first-order chi connectivity index (χ1) is 11.1. The Balaban J connectivity index is 1.56. The highest BCUT2D eigenvalue weighted by Crippen LogP contribution is 2.31. The molecule has 0 aliphatic heterocycles. The van der Waals surface area contributed by atoms with E-state index in [4.69, 9.17) is 16.3 Å². The van der Waals surface area contributed by atoms with Crippen molar-refractivity contribution in [2.45, 2.75) is 0 Å². The van der Waals surface area contributed by atoms with Gasteiger partial charge in [0, 0.05) is 16.6 Å². The fourth-order valence-corrected chi connectivity index (χ4v) is 3.75. The number of carbonyl (C=O) groups is 1. The molecule has 5 nitrogen and oxygen atoms in total. The molecular formula is C14H9BrClN3O2S2. The van der Waals surface area contributed by atoms with Crippen LogP contribution in [0.5, 0.6) is 5.75 Å². The Bertz CT molecular complexity index is 820. The molecule has 0 aliphatic carbocycles. The molecule has 118 valence electrons. The fraction of sp³-hybridized carbons (Fsp3) is 0.0714. The van der Waals surface area contributed by atoms with Crippen LogP contribution in [-0.2, 0) is 4.79 Å². The first-order valence-corrected chi connectivity index (χ1v) is 9.14. The maximum absolute atomic E-state index is 11.9. The molecule has 0 spiro atoms. The van der Waals surface area contributed by atoms with E-state index in [1.807, 2.05) is 12.1 Å². The highest BCUT2D eigenvalue weighted by atomic mass is 79.9. The summed E-state index contributed by atoms with van der Waals surface area (Å²) in [4.78, 5) is 17.1. The minimum atomic E-state index is -0.296. The summed E-state index contributed by atoms with van der Waals surface area (Å²) in [5.41, 5.74) is 0. The molecule has 1 amide bonds. The monoisotopic (exact) mass is 429 g/mol. The zero-order valence-corrected chi connectivity index (χ0v) is 15.4. The molecule has 1 aromatic carbocycles. The number of anilines is 1. The second-order valence-electron chi connectivity index (χ2n) is 4.32. The molecular weight excluding hydrogens is 422 g/mol. The first kappa shape index (κ1) is 16.4. The second-order valence-corrected chi connectivity index (χ2v) is 7.97. The average Bonchev–Trinajstić information content (AvgIpc) is 3.16. The van der Waals surface area contributed by atoms with Crippen molar-refractivity contribution in [3.8, 4) is 16.5 Å². The van der Waals surface area contributed by atoms with E-state index in [1.165, 1.54) is 11.3 Å². The van der Waals surface area contributed by atoms with E-state index >= 15 is 0 Å². The Labute approximate surface area is 153 Å². The number of hydrogen-bond acceptors (Lipinski definition) is 6. The minimum absolute atomic E-state index is 0.110. The quantitative estimate of drug-likeness (QED) is 0.637. The van der Waals surface area contributed by atoms with Crippen LogP contribution in [-0.4, -0.2) is 21.9 Å². The number of rotatable bonds is 5. The number of ether oxygens (including phenoxy) is 1. The maximum Gasteiger partial charge on any atom is 0.264 e. The summed E-state index contributed by atoms with van der Waals surface area (Å²) in [6.45, 7) is -0.110.